The molecule has 1 aliphatic rings. The van der Waals surface area contributed by atoms with Crippen molar-refractivity contribution in [2.24, 2.45) is 4.99 Å². The Labute approximate surface area is 209 Å². The maximum atomic E-state index is 13.4. The first-order valence-corrected chi connectivity index (χ1v) is 12.1. The predicted octanol–water partition coefficient (Wildman–Crippen LogP) is 3.15. The Bertz CT molecular complexity index is 1440. The minimum absolute atomic E-state index is 0.101. The van der Waals surface area contributed by atoms with Crippen molar-refractivity contribution in [3.05, 3.63) is 82.5 Å². The van der Waals surface area contributed by atoms with Gasteiger partial charge in [0.05, 0.1) is 51.4 Å². The van der Waals surface area contributed by atoms with Gasteiger partial charge in [0.25, 0.3) is 5.56 Å². The Morgan fingerprint density at radius 3 is 2.50 bits per heavy atom. The summed E-state index contributed by atoms with van der Waals surface area (Å²) in [6, 6.07) is 16.3. The molecule has 1 saturated heterocycles. The number of hydrogen-bond acceptors (Lipinski definition) is 6. The predicted molar refractivity (Wildman–Crippen MR) is 138 cm³/mol. The van der Waals surface area contributed by atoms with E-state index in [2.05, 4.69) is 0 Å². The van der Waals surface area contributed by atoms with Gasteiger partial charge < -0.3 is 23.9 Å². The van der Waals surface area contributed by atoms with E-state index in [1.54, 1.807) is 43.9 Å². The monoisotopic (exact) mass is 488 g/mol. The molecule has 0 unspecified atom stereocenters. The highest BCUT2D eigenvalue weighted by Crippen LogP contribution is 2.32. The maximum absolute atomic E-state index is 13.4. The highest BCUT2D eigenvalue weighted by molar-refractivity contribution is 6.01. The van der Waals surface area contributed by atoms with Gasteiger partial charge in [0.15, 0.2) is 23.3 Å². The normalized spacial score (nSPS) is 15.1. The van der Waals surface area contributed by atoms with Crippen LogP contribution < -0.4 is 19.9 Å². The quantitative estimate of drug-likeness (QED) is 0.372. The van der Waals surface area contributed by atoms with Gasteiger partial charge in [-0.25, -0.2) is 4.57 Å². The molecule has 3 heterocycles. The number of hydrogen-bond donors (Lipinski definition) is 2. The zero-order valence-electron chi connectivity index (χ0n) is 20.4. The first kappa shape index (κ1) is 23.7. The number of nitrogens with zero attached hydrogens (tertiary/aromatic N) is 2. The number of aromatic nitrogens is 1. The molecule has 8 nitrogen and oxygen atoms in total. The van der Waals surface area contributed by atoms with Crippen molar-refractivity contribution in [3.63, 3.8) is 0 Å². The molecule has 1 fully saturated rings. The molecular weight excluding hydrogens is 458 g/mol. The number of ether oxygens (including phenoxy) is 2. The van der Waals surface area contributed by atoms with Crippen LogP contribution in [0.1, 0.15) is 30.2 Å². The summed E-state index contributed by atoms with van der Waals surface area (Å²) in [5.41, 5.74) is 0.613. The third-order valence-electron chi connectivity index (χ3n) is 6.86. The molecule has 8 heteroatoms. The van der Waals surface area contributed by atoms with Crippen LogP contribution in [-0.4, -0.2) is 49.7 Å². The van der Waals surface area contributed by atoms with Gasteiger partial charge in [0, 0.05) is 35.9 Å². The first-order valence-electron chi connectivity index (χ1n) is 12.1. The van der Waals surface area contributed by atoms with E-state index in [1.807, 2.05) is 30.3 Å². The van der Waals surface area contributed by atoms with Crippen molar-refractivity contribution in [1.82, 2.24) is 4.57 Å². The molecule has 1 aliphatic heterocycles. The van der Waals surface area contributed by atoms with Crippen LogP contribution in [0.4, 0.5) is 0 Å². The van der Waals surface area contributed by atoms with Crippen molar-refractivity contribution in [1.29, 1.82) is 0 Å². The Balaban J connectivity index is 1.58. The SMILES string of the molecule is COc1ccc(-n2c(O)c(C=NC[C@H](c3ccco3)[NH+]3CCCC3)c3ccccc3c2=O)cc1OC. The lowest BCUT2D eigenvalue weighted by molar-refractivity contribution is -0.919. The van der Waals surface area contributed by atoms with E-state index in [0.717, 1.165) is 18.8 Å². The van der Waals surface area contributed by atoms with Crippen LogP contribution in [0.5, 0.6) is 17.4 Å². The van der Waals surface area contributed by atoms with Crippen molar-refractivity contribution in [2.45, 2.75) is 18.9 Å². The highest BCUT2D eigenvalue weighted by Gasteiger charge is 2.29. The van der Waals surface area contributed by atoms with Crippen LogP contribution in [0.2, 0.25) is 0 Å². The van der Waals surface area contributed by atoms with E-state index in [4.69, 9.17) is 18.9 Å². The second-order valence-corrected chi connectivity index (χ2v) is 8.89. The summed E-state index contributed by atoms with van der Waals surface area (Å²) in [6.07, 6.45) is 5.75. The van der Waals surface area contributed by atoms with Gasteiger partial charge in [-0.05, 0) is 30.3 Å². The third-order valence-corrected chi connectivity index (χ3v) is 6.86. The Hall–Kier alpha value is -4.04. The summed E-state index contributed by atoms with van der Waals surface area (Å²) in [6.45, 7) is 2.67. The van der Waals surface area contributed by atoms with Crippen LogP contribution in [0.3, 0.4) is 0 Å². The molecule has 1 atom stereocenters. The number of fused-ring (bicyclic) bond motifs is 1. The fourth-order valence-electron chi connectivity index (χ4n) is 5.03. The Morgan fingerprint density at radius 1 is 1.06 bits per heavy atom. The second kappa shape index (κ2) is 10.3. The lowest BCUT2D eigenvalue weighted by atomic mass is 10.1. The summed E-state index contributed by atoms with van der Waals surface area (Å²) in [7, 11) is 3.08. The number of benzene rings is 2. The fraction of sp³-hybridized carbons (Fsp3) is 0.286. The van der Waals surface area contributed by atoms with E-state index in [-0.39, 0.29) is 17.5 Å². The Morgan fingerprint density at radius 2 is 1.81 bits per heavy atom. The molecule has 4 aromatic rings. The molecule has 2 N–H and O–H groups in total. The minimum atomic E-state index is -0.331. The number of aliphatic imine (C=N–C) groups is 1. The molecule has 0 aliphatic carbocycles. The van der Waals surface area contributed by atoms with E-state index in [1.165, 1.54) is 29.4 Å². The van der Waals surface area contributed by atoms with Crippen molar-refractivity contribution >= 4 is 17.0 Å². The lowest BCUT2D eigenvalue weighted by Crippen LogP contribution is -3.10. The van der Waals surface area contributed by atoms with Crippen molar-refractivity contribution in [2.75, 3.05) is 33.9 Å². The molecule has 186 valence electrons. The second-order valence-electron chi connectivity index (χ2n) is 8.89. The molecule has 5 rings (SSSR count). The van der Waals surface area contributed by atoms with Crippen LogP contribution in [0, 0.1) is 0 Å². The van der Waals surface area contributed by atoms with Gasteiger partial charge in [-0.1, -0.05) is 18.2 Å². The number of likely N-dealkylation sites (tertiary alicyclic amines) is 1. The molecule has 0 radical (unpaired) electrons. The smallest absolute Gasteiger partial charge is 0.265 e. The lowest BCUT2D eigenvalue weighted by Gasteiger charge is -2.21. The molecule has 0 saturated carbocycles. The average molecular weight is 489 g/mol. The number of nitrogens with one attached hydrogen (secondary N) is 1. The van der Waals surface area contributed by atoms with Gasteiger partial charge in [-0.15, -0.1) is 0 Å². The van der Waals surface area contributed by atoms with Crippen LogP contribution in [0.25, 0.3) is 16.5 Å². The van der Waals surface area contributed by atoms with E-state index >= 15 is 0 Å². The summed E-state index contributed by atoms with van der Waals surface area (Å²) >= 11 is 0. The van der Waals surface area contributed by atoms with E-state index in [0.29, 0.717) is 40.1 Å². The molecule has 36 heavy (non-hydrogen) atoms. The van der Waals surface area contributed by atoms with Crippen LogP contribution >= 0.6 is 0 Å². The van der Waals surface area contributed by atoms with Gasteiger partial charge in [-0.2, -0.15) is 0 Å². The zero-order chi connectivity index (χ0) is 25.1. The van der Waals surface area contributed by atoms with Gasteiger partial charge >= 0.3 is 0 Å². The van der Waals surface area contributed by atoms with Gasteiger partial charge in [-0.3, -0.25) is 9.79 Å². The number of rotatable bonds is 8. The van der Waals surface area contributed by atoms with E-state index in [9.17, 15) is 9.90 Å². The summed E-state index contributed by atoms with van der Waals surface area (Å²) < 4.78 is 17.7. The number of quaternary nitrogens is 1. The van der Waals surface area contributed by atoms with Gasteiger partial charge in [0.2, 0.25) is 5.88 Å². The van der Waals surface area contributed by atoms with Crippen molar-refractivity contribution in [3.8, 4) is 23.1 Å². The van der Waals surface area contributed by atoms with E-state index < -0.39 is 0 Å². The molecule has 0 amide bonds. The summed E-state index contributed by atoms with van der Waals surface area (Å²) in [4.78, 5) is 19.6. The third kappa shape index (κ3) is 4.35. The largest absolute Gasteiger partial charge is 0.494 e. The van der Waals surface area contributed by atoms with Crippen LogP contribution in [0.15, 0.2) is 75.1 Å². The summed E-state index contributed by atoms with van der Waals surface area (Å²) in [5.74, 6) is 1.72. The fourth-order valence-corrected chi connectivity index (χ4v) is 5.03. The van der Waals surface area contributed by atoms with Crippen molar-refractivity contribution < 1.29 is 23.9 Å². The number of pyridine rings is 1. The maximum Gasteiger partial charge on any atom is 0.265 e. The first-order chi connectivity index (χ1) is 17.6. The zero-order valence-corrected chi connectivity index (χ0v) is 20.4. The number of furan rings is 1. The molecule has 2 aromatic heterocycles. The number of methoxy groups -OCH3 is 2. The molecular formula is C28H30N3O5+. The highest BCUT2D eigenvalue weighted by atomic mass is 16.5. The topological polar surface area (TPSA) is 90.6 Å². The number of aromatic hydroxyl groups is 1. The standard InChI is InChI=1S/C28H29N3O5/c1-34-25-12-11-19(16-26(25)35-2)31-27(32)21-9-4-3-8-20(21)22(28(31)33)17-29-18-23(24-10-7-15-36-24)30-13-5-6-14-30/h3-4,7-12,15-17,23,33H,5-6,13-14,18H2,1-2H3/p+1/t23-/m1/s1. The minimum Gasteiger partial charge on any atom is -0.494 e. The molecule has 2 aromatic carbocycles. The average Bonchev–Trinajstić information content (AvgIpc) is 3.63. The van der Waals surface area contributed by atoms with Gasteiger partial charge in [0.1, 0.15) is 0 Å². The summed E-state index contributed by atoms with van der Waals surface area (Å²) in [5, 5.41) is 12.5. The molecule has 0 bridgehead atoms. The molecule has 0 spiro atoms. The Kier molecular flexibility index (Phi) is 6.77. The van der Waals surface area contributed by atoms with Crippen LogP contribution in [-0.2, 0) is 0 Å².